The SMILES string of the molecule is CCOc1cccc(C=Nn2c(-c3cc4c(OC)cccc4o3)nc3ccccc3c2=O)c1. The second kappa shape index (κ2) is 8.63. The molecule has 0 aliphatic carbocycles. The second-order valence-electron chi connectivity index (χ2n) is 7.30. The quantitative estimate of drug-likeness (QED) is 0.344. The fourth-order valence-electron chi connectivity index (χ4n) is 3.69. The summed E-state index contributed by atoms with van der Waals surface area (Å²) in [5.41, 5.74) is 1.69. The lowest BCUT2D eigenvalue weighted by atomic mass is 10.2. The Hall–Kier alpha value is -4.39. The molecular weight excluding hydrogens is 418 g/mol. The highest BCUT2D eigenvalue weighted by atomic mass is 16.5. The lowest BCUT2D eigenvalue weighted by molar-refractivity contribution is 0.340. The Labute approximate surface area is 189 Å². The molecule has 0 aliphatic heterocycles. The summed E-state index contributed by atoms with van der Waals surface area (Å²) in [4.78, 5) is 18.1. The zero-order chi connectivity index (χ0) is 22.8. The number of hydrogen-bond acceptors (Lipinski definition) is 6. The van der Waals surface area contributed by atoms with Crippen molar-refractivity contribution in [3.63, 3.8) is 0 Å². The molecule has 164 valence electrons. The Morgan fingerprint density at radius 3 is 2.73 bits per heavy atom. The average molecular weight is 439 g/mol. The topological polar surface area (TPSA) is 78.8 Å². The normalized spacial score (nSPS) is 11.5. The van der Waals surface area contributed by atoms with Gasteiger partial charge in [0.05, 0.1) is 36.2 Å². The van der Waals surface area contributed by atoms with Gasteiger partial charge in [0.15, 0.2) is 5.76 Å². The van der Waals surface area contributed by atoms with Crippen LogP contribution >= 0.6 is 0 Å². The largest absolute Gasteiger partial charge is 0.496 e. The van der Waals surface area contributed by atoms with E-state index in [0.717, 1.165) is 16.7 Å². The van der Waals surface area contributed by atoms with Crippen molar-refractivity contribution in [3.8, 4) is 23.1 Å². The van der Waals surface area contributed by atoms with Gasteiger partial charge in [-0.05, 0) is 55.0 Å². The Morgan fingerprint density at radius 2 is 1.88 bits per heavy atom. The number of furan rings is 1. The van der Waals surface area contributed by atoms with Gasteiger partial charge in [-0.3, -0.25) is 4.79 Å². The van der Waals surface area contributed by atoms with Gasteiger partial charge in [-0.1, -0.05) is 30.3 Å². The molecule has 0 fully saturated rings. The minimum absolute atomic E-state index is 0.291. The molecule has 33 heavy (non-hydrogen) atoms. The van der Waals surface area contributed by atoms with E-state index in [1.807, 2.05) is 61.5 Å². The third-order valence-electron chi connectivity index (χ3n) is 5.21. The maximum absolute atomic E-state index is 13.4. The summed E-state index contributed by atoms with van der Waals surface area (Å²) in [6.07, 6.45) is 1.60. The van der Waals surface area contributed by atoms with Crippen molar-refractivity contribution >= 4 is 28.1 Å². The number of methoxy groups -OCH3 is 1. The second-order valence-corrected chi connectivity index (χ2v) is 7.30. The molecule has 0 unspecified atom stereocenters. The van der Waals surface area contributed by atoms with Gasteiger partial charge in [-0.2, -0.15) is 9.78 Å². The number of para-hydroxylation sites is 1. The van der Waals surface area contributed by atoms with Crippen LogP contribution in [-0.2, 0) is 0 Å². The van der Waals surface area contributed by atoms with Crippen molar-refractivity contribution in [2.75, 3.05) is 13.7 Å². The Balaban J connectivity index is 1.70. The molecule has 0 aliphatic rings. The molecule has 0 saturated carbocycles. The predicted octanol–water partition coefficient (Wildman–Crippen LogP) is 5.10. The summed E-state index contributed by atoms with van der Waals surface area (Å²) in [6, 6.07) is 22.0. The molecule has 0 amide bonds. The summed E-state index contributed by atoms with van der Waals surface area (Å²) in [6.45, 7) is 2.49. The fraction of sp³-hybridized carbons (Fsp3) is 0.115. The third kappa shape index (κ3) is 3.85. The molecule has 0 spiro atoms. The van der Waals surface area contributed by atoms with E-state index < -0.39 is 0 Å². The molecule has 0 N–H and O–H groups in total. The lowest BCUT2D eigenvalue weighted by Crippen LogP contribution is -2.20. The highest BCUT2D eigenvalue weighted by Gasteiger charge is 2.17. The van der Waals surface area contributed by atoms with E-state index in [1.165, 1.54) is 4.68 Å². The number of benzene rings is 3. The zero-order valence-electron chi connectivity index (χ0n) is 18.2. The molecule has 2 aromatic heterocycles. The van der Waals surface area contributed by atoms with Gasteiger partial charge in [-0.15, -0.1) is 0 Å². The summed E-state index contributed by atoms with van der Waals surface area (Å²) < 4.78 is 18.3. The highest BCUT2D eigenvalue weighted by molar-refractivity contribution is 5.88. The zero-order valence-corrected chi connectivity index (χ0v) is 18.2. The lowest BCUT2D eigenvalue weighted by Gasteiger charge is -2.07. The van der Waals surface area contributed by atoms with Gasteiger partial charge in [0, 0.05) is 0 Å². The predicted molar refractivity (Wildman–Crippen MR) is 128 cm³/mol. The van der Waals surface area contributed by atoms with Crippen LogP contribution in [0.2, 0.25) is 0 Å². The Bertz CT molecular complexity index is 1550. The summed E-state index contributed by atoms with van der Waals surface area (Å²) in [5, 5.41) is 5.74. The van der Waals surface area contributed by atoms with E-state index in [9.17, 15) is 4.79 Å². The van der Waals surface area contributed by atoms with E-state index in [4.69, 9.17) is 18.9 Å². The van der Waals surface area contributed by atoms with Crippen molar-refractivity contribution in [3.05, 3.63) is 88.7 Å². The molecule has 0 atom stereocenters. The minimum Gasteiger partial charge on any atom is -0.496 e. The molecule has 7 heteroatoms. The molecule has 0 bridgehead atoms. The number of hydrogen-bond donors (Lipinski definition) is 0. The Kier molecular flexibility index (Phi) is 5.36. The molecule has 0 saturated heterocycles. The average Bonchev–Trinajstić information content (AvgIpc) is 3.28. The first-order valence-corrected chi connectivity index (χ1v) is 10.5. The summed E-state index contributed by atoms with van der Waals surface area (Å²) in [5.74, 6) is 2.12. The van der Waals surface area contributed by atoms with Crippen molar-refractivity contribution in [2.45, 2.75) is 6.92 Å². The smallest absolute Gasteiger partial charge is 0.282 e. The number of aromatic nitrogens is 2. The molecule has 0 radical (unpaired) electrons. The van der Waals surface area contributed by atoms with Crippen LogP contribution in [0.15, 0.2) is 87.1 Å². The van der Waals surface area contributed by atoms with Crippen LogP contribution in [0.1, 0.15) is 12.5 Å². The summed E-state index contributed by atoms with van der Waals surface area (Å²) in [7, 11) is 1.60. The first-order chi connectivity index (χ1) is 16.2. The maximum Gasteiger partial charge on any atom is 0.282 e. The molecule has 7 nitrogen and oxygen atoms in total. The number of ether oxygens (including phenoxy) is 2. The number of rotatable bonds is 6. The van der Waals surface area contributed by atoms with E-state index in [0.29, 0.717) is 40.4 Å². The van der Waals surface area contributed by atoms with Crippen LogP contribution < -0.4 is 15.0 Å². The summed E-state index contributed by atoms with van der Waals surface area (Å²) >= 11 is 0. The number of fused-ring (bicyclic) bond motifs is 2. The first-order valence-electron chi connectivity index (χ1n) is 10.5. The van der Waals surface area contributed by atoms with Gasteiger partial charge in [0.25, 0.3) is 5.56 Å². The van der Waals surface area contributed by atoms with Crippen molar-refractivity contribution in [1.82, 2.24) is 9.66 Å². The first kappa shape index (κ1) is 20.5. The van der Waals surface area contributed by atoms with Crippen LogP contribution in [0.4, 0.5) is 0 Å². The van der Waals surface area contributed by atoms with Gasteiger partial charge < -0.3 is 13.9 Å². The van der Waals surface area contributed by atoms with Crippen molar-refractivity contribution in [1.29, 1.82) is 0 Å². The standard InChI is InChI=1S/C26H21N3O4/c1-3-32-18-9-6-8-17(14-18)16-27-29-25(28-21-11-5-4-10-19(21)26(29)30)24-15-20-22(31-2)12-7-13-23(20)33-24/h4-16H,3H2,1-2H3. The van der Waals surface area contributed by atoms with Gasteiger partial charge >= 0.3 is 0 Å². The molecule has 5 aromatic rings. The molecule has 3 aromatic carbocycles. The van der Waals surface area contributed by atoms with Crippen molar-refractivity contribution in [2.24, 2.45) is 5.10 Å². The van der Waals surface area contributed by atoms with Crippen LogP contribution in [-0.4, -0.2) is 29.6 Å². The van der Waals surface area contributed by atoms with Gasteiger partial charge in [0.2, 0.25) is 5.82 Å². The van der Waals surface area contributed by atoms with Crippen LogP contribution in [0.5, 0.6) is 11.5 Å². The molecule has 2 heterocycles. The van der Waals surface area contributed by atoms with Crippen LogP contribution in [0.25, 0.3) is 33.5 Å². The van der Waals surface area contributed by atoms with Crippen LogP contribution in [0, 0.1) is 0 Å². The minimum atomic E-state index is -0.291. The van der Waals surface area contributed by atoms with E-state index in [2.05, 4.69) is 5.10 Å². The third-order valence-corrected chi connectivity index (χ3v) is 5.21. The fourth-order valence-corrected chi connectivity index (χ4v) is 3.69. The maximum atomic E-state index is 13.4. The number of nitrogens with zero attached hydrogens (tertiary/aromatic N) is 3. The van der Waals surface area contributed by atoms with Gasteiger partial charge in [-0.25, -0.2) is 4.98 Å². The van der Waals surface area contributed by atoms with E-state index in [1.54, 1.807) is 31.5 Å². The molecular formula is C26H21N3O4. The molecule has 5 rings (SSSR count). The highest BCUT2D eigenvalue weighted by Crippen LogP contribution is 2.32. The van der Waals surface area contributed by atoms with Crippen LogP contribution in [0.3, 0.4) is 0 Å². The van der Waals surface area contributed by atoms with E-state index >= 15 is 0 Å². The van der Waals surface area contributed by atoms with E-state index in [-0.39, 0.29) is 5.56 Å². The van der Waals surface area contributed by atoms with Gasteiger partial charge in [0.1, 0.15) is 17.1 Å². The Morgan fingerprint density at radius 1 is 1.03 bits per heavy atom. The van der Waals surface area contributed by atoms with Crippen molar-refractivity contribution < 1.29 is 13.9 Å². The monoisotopic (exact) mass is 439 g/mol.